The SMILES string of the molecule is CCOC(=O)C(C)Oc1ccc(Oc2nc3ccc(C)cn3c2C#N)cc1. The summed E-state index contributed by atoms with van der Waals surface area (Å²) in [6, 6.07) is 12.6. The normalized spacial score (nSPS) is 11.6. The molecule has 0 saturated carbocycles. The van der Waals surface area contributed by atoms with Gasteiger partial charge in [-0.15, -0.1) is 0 Å². The largest absolute Gasteiger partial charge is 0.479 e. The van der Waals surface area contributed by atoms with Gasteiger partial charge in [-0.3, -0.25) is 4.40 Å². The molecule has 1 atom stereocenters. The van der Waals surface area contributed by atoms with Crippen molar-refractivity contribution in [2.75, 3.05) is 6.61 Å². The highest BCUT2D eigenvalue weighted by molar-refractivity contribution is 5.74. The van der Waals surface area contributed by atoms with Gasteiger partial charge in [0.25, 0.3) is 5.88 Å². The van der Waals surface area contributed by atoms with Crippen LogP contribution in [0.25, 0.3) is 5.65 Å². The van der Waals surface area contributed by atoms with Gasteiger partial charge in [0, 0.05) is 6.20 Å². The molecular formula is C20H19N3O4. The molecule has 27 heavy (non-hydrogen) atoms. The number of imidazole rings is 1. The molecule has 3 aromatic rings. The summed E-state index contributed by atoms with van der Waals surface area (Å²) in [7, 11) is 0. The second kappa shape index (κ2) is 7.79. The number of nitrogens with zero attached hydrogens (tertiary/aromatic N) is 3. The fourth-order valence-electron chi connectivity index (χ4n) is 2.51. The van der Waals surface area contributed by atoms with Gasteiger partial charge in [-0.1, -0.05) is 6.07 Å². The number of rotatable bonds is 6. The number of hydrogen-bond acceptors (Lipinski definition) is 6. The van der Waals surface area contributed by atoms with E-state index in [4.69, 9.17) is 14.2 Å². The van der Waals surface area contributed by atoms with E-state index in [2.05, 4.69) is 11.1 Å². The molecule has 0 aliphatic heterocycles. The highest BCUT2D eigenvalue weighted by Gasteiger charge is 2.17. The third-order valence-electron chi connectivity index (χ3n) is 3.81. The zero-order valence-corrected chi connectivity index (χ0v) is 15.3. The number of carbonyl (C=O) groups excluding carboxylic acids is 1. The van der Waals surface area contributed by atoms with E-state index in [1.54, 1.807) is 42.5 Å². The Morgan fingerprint density at radius 2 is 1.93 bits per heavy atom. The van der Waals surface area contributed by atoms with E-state index in [0.717, 1.165) is 5.56 Å². The third kappa shape index (κ3) is 4.01. The number of nitriles is 1. The van der Waals surface area contributed by atoms with E-state index >= 15 is 0 Å². The van der Waals surface area contributed by atoms with Crippen molar-refractivity contribution in [1.29, 1.82) is 5.26 Å². The molecule has 7 nitrogen and oxygen atoms in total. The molecule has 2 aromatic heterocycles. The van der Waals surface area contributed by atoms with Crippen LogP contribution in [0, 0.1) is 18.3 Å². The Morgan fingerprint density at radius 3 is 2.59 bits per heavy atom. The molecule has 7 heteroatoms. The Labute approximate surface area is 156 Å². The second-order valence-corrected chi connectivity index (χ2v) is 5.90. The summed E-state index contributed by atoms with van der Waals surface area (Å²) in [6.45, 7) is 5.61. The molecule has 1 unspecified atom stereocenters. The second-order valence-electron chi connectivity index (χ2n) is 5.90. The van der Waals surface area contributed by atoms with Crippen molar-refractivity contribution in [1.82, 2.24) is 9.38 Å². The summed E-state index contributed by atoms with van der Waals surface area (Å²) >= 11 is 0. The van der Waals surface area contributed by atoms with Crippen LogP contribution in [0.15, 0.2) is 42.6 Å². The zero-order valence-electron chi connectivity index (χ0n) is 15.3. The van der Waals surface area contributed by atoms with Crippen LogP contribution in [0.4, 0.5) is 0 Å². The minimum absolute atomic E-state index is 0.233. The van der Waals surface area contributed by atoms with E-state index in [9.17, 15) is 10.1 Å². The Bertz CT molecular complexity index is 1000. The number of fused-ring (bicyclic) bond motifs is 1. The highest BCUT2D eigenvalue weighted by Crippen LogP contribution is 2.27. The van der Waals surface area contributed by atoms with E-state index in [1.165, 1.54) is 0 Å². The Morgan fingerprint density at radius 1 is 1.22 bits per heavy atom. The maximum absolute atomic E-state index is 11.6. The van der Waals surface area contributed by atoms with Gasteiger partial charge < -0.3 is 14.2 Å². The van der Waals surface area contributed by atoms with Crippen LogP contribution in [0.1, 0.15) is 25.1 Å². The molecule has 0 radical (unpaired) electrons. The van der Waals surface area contributed by atoms with Crippen LogP contribution >= 0.6 is 0 Å². The molecule has 3 rings (SSSR count). The molecule has 0 fully saturated rings. The van der Waals surface area contributed by atoms with Crippen LogP contribution in [0.5, 0.6) is 17.4 Å². The molecule has 0 saturated heterocycles. The number of carbonyl (C=O) groups is 1. The van der Waals surface area contributed by atoms with Crippen LogP contribution in [-0.4, -0.2) is 28.1 Å². The highest BCUT2D eigenvalue weighted by atomic mass is 16.6. The molecule has 0 spiro atoms. The number of pyridine rings is 1. The first-order valence-electron chi connectivity index (χ1n) is 8.52. The lowest BCUT2D eigenvalue weighted by molar-refractivity contribution is -0.150. The van der Waals surface area contributed by atoms with E-state index in [1.807, 2.05) is 25.3 Å². The monoisotopic (exact) mass is 365 g/mol. The summed E-state index contributed by atoms with van der Waals surface area (Å²) in [5.74, 6) is 0.824. The average molecular weight is 365 g/mol. The number of esters is 1. The van der Waals surface area contributed by atoms with E-state index in [0.29, 0.717) is 29.4 Å². The Kier molecular flexibility index (Phi) is 5.27. The molecule has 0 N–H and O–H groups in total. The molecule has 2 heterocycles. The maximum atomic E-state index is 11.6. The van der Waals surface area contributed by atoms with E-state index in [-0.39, 0.29) is 5.88 Å². The van der Waals surface area contributed by atoms with Crippen LogP contribution in [0.2, 0.25) is 0 Å². The summed E-state index contributed by atoms with van der Waals surface area (Å²) in [6.07, 6.45) is 1.13. The van der Waals surface area contributed by atoms with Gasteiger partial charge in [-0.25, -0.2) is 4.79 Å². The van der Waals surface area contributed by atoms with Crippen LogP contribution in [0.3, 0.4) is 0 Å². The minimum atomic E-state index is -0.705. The van der Waals surface area contributed by atoms with Crippen molar-refractivity contribution >= 4 is 11.6 Å². The van der Waals surface area contributed by atoms with Gasteiger partial charge in [0.15, 0.2) is 11.8 Å². The van der Waals surface area contributed by atoms with E-state index < -0.39 is 12.1 Å². The third-order valence-corrected chi connectivity index (χ3v) is 3.81. The average Bonchev–Trinajstić information content (AvgIpc) is 2.99. The first-order chi connectivity index (χ1) is 13.0. The van der Waals surface area contributed by atoms with Crippen LogP contribution in [-0.2, 0) is 9.53 Å². The van der Waals surface area contributed by atoms with Gasteiger partial charge in [0.1, 0.15) is 23.2 Å². The zero-order chi connectivity index (χ0) is 19.4. The first-order valence-corrected chi connectivity index (χ1v) is 8.52. The quantitative estimate of drug-likeness (QED) is 0.620. The summed E-state index contributed by atoms with van der Waals surface area (Å²) in [5, 5.41) is 9.46. The first kappa shape index (κ1) is 18.3. The van der Waals surface area contributed by atoms with Gasteiger partial charge in [-0.05, 0) is 56.7 Å². The fourth-order valence-corrected chi connectivity index (χ4v) is 2.51. The van der Waals surface area contributed by atoms with Crippen molar-refractivity contribution in [3.8, 4) is 23.4 Å². The van der Waals surface area contributed by atoms with Crippen molar-refractivity contribution in [2.24, 2.45) is 0 Å². The van der Waals surface area contributed by atoms with Gasteiger partial charge in [0.2, 0.25) is 0 Å². The minimum Gasteiger partial charge on any atom is -0.479 e. The molecule has 0 aliphatic carbocycles. The lowest BCUT2D eigenvalue weighted by atomic mass is 10.3. The van der Waals surface area contributed by atoms with Crippen molar-refractivity contribution in [3.05, 3.63) is 53.9 Å². The molecule has 0 bridgehead atoms. The van der Waals surface area contributed by atoms with Crippen molar-refractivity contribution in [3.63, 3.8) is 0 Å². The molecule has 0 amide bonds. The predicted octanol–water partition coefficient (Wildman–Crippen LogP) is 3.64. The molecule has 138 valence electrons. The summed E-state index contributed by atoms with van der Waals surface area (Å²) in [5.41, 5.74) is 1.97. The van der Waals surface area contributed by atoms with Gasteiger partial charge in [0.05, 0.1) is 6.61 Å². The van der Waals surface area contributed by atoms with Gasteiger partial charge >= 0.3 is 5.97 Å². The Balaban J connectivity index is 1.76. The number of hydrogen-bond donors (Lipinski definition) is 0. The number of aryl methyl sites for hydroxylation is 1. The van der Waals surface area contributed by atoms with Crippen molar-refractivity contribution in [2.45, 2.75) is 26.9 Å². The molecule has 0 aliphatic rings. The standard InChI is InChI=1S/C20H19N3O4/c1-4-25-20(24)14(3)26-15-6-8-16(9-7-15)27-19-17(11-21)23-12-13(2)5-10-18(23)22-19/h5-10,12,14H,4H2,1-3H3. The lowest BCUT2D eigenvalue weighted by Crippen LogP contribution is -2.25. The summed E-state index contributed by atoms with van der Waals surface area (Å²) in [4.78, 5) is 16.0. The maximum Gasteiger partial charge on any atom is 0.347 e. The summed E-state index contributed by atoms with van der Waals surface area (Å²) < 4.78 is 17.9. The Hall–Kier alpha value is -3.53. The topological polar surface area (TPSA) is 85.8 Å². The molecular weight excluding hydrogens is 346 g/mol. The molecule has 1 aromatic carbocycles. The predicted molar refractivity (Wildman–Crippen MR) is 97.9 cm³/mol. The van der Waals surface area contributed by atoms with Crippen molar-refractivity contribution < 1.29 is 19.0 Å². The van der Waals surface area contributed by atoms with Crippen LogP contribution < -0.4 is 9.47 Å². The smallest absolute Gasteiger partial charge is 0.347 e. The number of aromatic nitrogens is 2. The fraction of sp³-hybridized carbons (Fsp3) is 0.250. The van der Waals surface area contributed by atoms with Gasteiger partial charge in [-0.2, -0.15) is 10.2 Å². The number of ether oxygens (including phenoxy) is 3. The lowest BCUT2D eigenvalue weighted by Gasteiger charge is -2.13. The number of benzene rings is 1.